The van der Waals surface area contributed by atoms with Crippen LogP contribution in [0.3, 0.4) is 0 Å². The molecule has 0 saturated heterocycles. The molecule has 7 heteroatoms. The Bertz CT molecular complexity index is 1100. The second-order valence-corrected chi connectivity index (χ2v) is 8.01. The summed E-state index contributed by atoms with van der Waals surface area (Å²) in [4.78, 5) is 36.0. The van der Waals surface area contributed by atoms with E-state index >= 15 is 0 Å². The van der Waals surface area contributed by atoms with E-state index in [0.717, 1.165) is 19.4 Å². The molecule has 4 rings (SSSR count). The van der Waals surface area contributed by atoms with Crippen LogP contribution in [0.4, 0.5) is 5.69 Å². The van der Waals surface area contributed by atoms with Gasteiger partial charge in [-0.05, 0) is 50.8 Å². The van der Waals surface area contributed by atoms with Crippen LogP contribution in [-0.2, 0) is 11.2 Å². The zero-order chi connectivity index (χ0) is 19.8. The van der Waals surface area contributed by atoms with Crippen molar-refractivity contribution in [2.24, 2.45) is 0 Å². The lowest BCUT2D eigenvalue weighted by Crippen LogP contribution is -2.33. The van der Waals surface area contributed by atoms with Crippen LogP contribution in [0, 0.1) is 6.92 Å². The van der Waals surface area contributed by atoms with Gasteiger partial charge >= 0.3 is 5.97 Å². The zero-order valence-electron chi connectivity index (χ0n) is 16.2. The van der Waals surface area contributed by atoms with Gasteiger partial charge in [0.25, 0.3) is 5.56 Å². The number of nitrogens with zero attached hydrogens (tertiary/aromatic N) is 2. The number of anilines is 1. The predicted octanol–water partition coefficient (Wildman–Crippen LogP) is 3.98. The summed E-state index contributed by atoms with van der Waals surface area (Å²) in [6.07, 6.45) is 2.13. The monoisotopic (exact) mass is 397 g/mol. The number of carbonyl (C=O) groups excluding carboxylic acids is 1. The molecule has 0 amide bonds. The van der Waals surface area contributed by atoms with Crippen molar-refractivity contribution in [1.29, 1.82) is 0 Å². The summed E-state index contributed by atoms with van der Waals surface area (Å²) in [6.45, 7) is 6.80. The maximum absolute atomic E-state index is 12.8. The summed E-state index contributed by atoms with van der Waals surface area (Å²) in [6, 6.07) is 8.30. The van der Waals surface area contributed by atoms with Crippen molar-refractivity contribution in [2.45, 2.75) is 39.7 Å². The molecule has 0 aliphatic carbocycles. The highest BCUT2D eigenvalue weighted by atomic mass is 32.1. The van der Waals surface area contributed by atoms with E-state index in [1.807, 2.05) is 6.07 Å². The van der Waals surface area contributed by atoms with Gasteiger partial charge in [0.05, 0.1) is 18.0 Å². The average molecular weight is 398 g/mol. The number of fused-ring (bicyclic) bond motifs is 2. The lowest BCUT2D eigenvalue weighted by molar-refractivity contribution is 0.0531. The van der Waals surface area contributed by atoms with Crippen LogP contribution < -0.4 is 10.5 Å². The van der Waals surface area contributed by atoms with E-state index in [9.17, 15) is 9.59 Å². The van der Waals surface area contributed by atoms with Crippen LogP contribution in [0.5, 0.6) is 0 Å². The first kappa shape index (κ1) is 18.7. The number of nitrogens with one attached hydrogen (secondary N) is 1. The standard InChI is InChI=1S/C21H23N3O3S/c1-4-27-21(26)17-12(2)16-19(25)22-18(23-20(16)28-17)13(3)24-11-7-9-14-8-5-6-10-15(14)24/h5-6,8,10,13H,4,7,9,11H2,1-3H3,(H,22,23,25)/t13-/m0/s1. The molecule has 28 heavy (non-hydrogen) atoms. The Morgan fingerprint density at radius 2 is 2.18 bits per heavy atom. The molecule has 1 aliphatic rings. The van der Waals surface area contributed by atoms with Crippen LogP contribution in [0.1, 0.15) is 52.9 Å². The van der Waals surface area contributed by atoms with Gasteiger partial charge in [0, 0.05) is 12.2 Å². The minimum Gasteiger partial charge on any atom is -0.462 e. The average Bonchev–Trinajstić information content (AvgIpc) is 3.04. The molecule has 146 valence electrons. The van der Waals surface area contributed by atoms with Gasteiger partial charge in [0.1, 0.15) is 15.5 Å². The van der Waals surface area contributed by atoms with Gasteiger partial charge < -0.3 is 14.6 Å². The summed E-state index contributed by atoms with van der Waals surface area (Å²) in [5, 5.41) is 0.475. The summed E-state index contributed by atoms with van der Waals surface area (Å²) in [5.41, 5.74) is 2.94. The van der Waals surface area contributed by atoms with Gasteiger partial charge in [0.2, 0.25) is 0 Å². The van der Waals surface area contributed by atoms with Crippen molar-refractivity contribution in [3.05, 3.63) is 56.4 Å². The molecule has 0 bridgehead atoms. The maximum atomic E-state index is 12.8. The Balaban J connectivity index is 1.76. The Morgan fingerprint density at radius 1 is 1.39 bits per heavy atom. The molecule has 1 N–H and O–H groups in total. The predicted molar refractivity (Wildman–Crippen MR) is 111 cm³/mol. The van der Waals surface area contributed by atoms with Crippen molar-refractivity contribution in [3.8, 4) is 0 Å². The van der Waals surface area contributed by atoms with Crippen molar-refractivity contribution in [3.63, 3.8) is 0 Å². The van der Waals surface area contributed by atoms with Crippen molar-refractivity contribution >= 4 is 33.2 Å². The number of hydrogen-bond donors (Lipinski definition) is 1. The van der Waals surface area contributed by atoms with E-state index in [0.29, 0.717) is 33.1 Å². The lowest BCUT2D eigenvalue weighted by Gasteiger charge is -2.35. The van der Waals surface area contributed by atoms with Gasteiger partial charge in [-0.1, -0.05) is 18.2 Å². The number of para-hydroxylation sites is 1. The van der Waals surface area contributed by atoms with Crippen molar-refractivity contribution in [1.82, 2.24) is 9.97 Å². The molecular formula is C21H23N3O3S. The molecule has 1 aromatic carbocycles. The van der Waals surface area contributed by atoms with Crippen LogP contribution in [-0.4, -0.2) is 29.1 Å². The Morgan fingerprint density at radius 3 is 2.96 bits per heavy atom. The number of H-pyrrole nitrogens is 1. The number of esters is 1. The van der Waals surface area contributed by atoms with Gasteiger partial charge in [-0.3, -0.25) is 4.79 Å². The molecule has 1 atom stereocenters. The van der Waals surface area contributed by atoms with Crippen LogP contribution in [0.25, 0.3) is 10.2 Å². The minimum atomic E-state index is -0.401. The number of thiophene rings is 1. The summed E-state index contributed by atoms with van der Waals surface area (Å²) < 4.78 is 5.11. The quantitative estimate of drug-likeness (QED) is 0.674. The third-order valence-corrected chi connectivity index (χ3v) is 6.45. The molecule has 0 unspecified atom stereocenters. The highest BCUT2D eigenvalue weighted by molar-refractivity contribution is 7.20. The number of aryl methyl sites for hydroxylation is 2. The fourth-order valence-electron chi connectivity index (χ4n) is 3.86. The Kier molecular flexibility index (Phi) is 4.93. The number of rotatable bonds is 4. The van der Waals surface area contributed by atoms with Crippen LogP contribution >= 0.6 is 11.3 Å². The molecule has 0 spiro atoms. The molecule has 2 aromatic heterocycles. The first-order valence-electron chi connectivity index (χ1n) is 9.56. The van der Waals surface area contributed by atoms with E-state index < -0.39 is 5.97 Å². The van der Waals surface area contributed by atoms with Crippen LogP contribution in [0.2, 0.25) is 0 Å². The van der Waals surface area contributed by atoms with Gasteiger partial charge in [-0.2, -0.15) is 0 Å². The number of ether oxygens (including phenoxy) is 1. The maximum Gasteiger partial charge on any atom is 0.348 e. The highest BCUT2D eigenvalue weighted by Crippen LogP contribution is 2.34. The number of aromatic nitrogens is 2. The number of benzene rings is 1. The highest BCUT2D eigenvalue weighted by Gasteiger charge is 2.26. The number of carbonyl (C=O) groups is 1. The second kappa shape index (κ2) is 7.39. The molecule has 3 heterocycles. The molecule has 0 radical (unpaired) electrons. The fraction of sp³-hybridized carbons (Fsp3) is 0.381. The van der Waals surface area contributed by atoms with E-state index in [2.05, 4.69) is 35.0 Å². The SMILES string of the molecule is CCOC(=O)c1sc2nc([C@H](C)N3CCCc4ccccc43)[nH]c(=O)c2c1C. The molecule has 0 saturated carbocycles. The molecule has 0 fully saturated rings. The smallest absolute Gasteiger partial charge is 0.348 e. The molecule has 1 aliphatic heterocycles. The van der Waals surface area contributed by atoms with Gasteiger partial charge in [0.15, 0.2) is 0 Å². The van der Waals surface area contributed by atoms with E-state index in [1.54, 1.807) is 13.8 Å². The molecule has 6 nitrogen and oxygen atoms in total. The largest absolute Gasteiger partial charge is 0.462 e. The van der Waals surface area contributed by atoms with Gasteiger partial charge in [-0.15, -0.1) is 11.3 Å². The third kappa shape index (κ3) is 3.09. The first-order chi connectivity index (χ1) is 13.5. The van der Waals surface area contributed by atoms with Crippen molar-refractivity contribution < 1.29 is 9.53 Å². The van der Waals surface area contributed by atoms with E-state index in [4.69, 9.17) is 9.72 Å². The lowest BCUT2D eigenvalue weighted by atomic mass is 10.00. The summed E-state index contributed by atoms with van der Waals surface area (Å²) >= 11 is 1.23. The van der Waals surface area contributed by atoms with E-state index in [1.165, 1.54) is 22.6 Å². The van der Waals surface area contributed by atoms with E-state index in [-0.39, 0.29) is 11.6 Å². The fourth-order valence-corrected chi connectivity index (χ4v) is 4.94. The van der Waals surface area contributed by atoms with Crippen LogP contribution in [0.15, 0.2) is 29.1 Å². The number of hydrogen-bond acceptors (Lipinski definition) is 6. The topological polar surface area (TPSA) is 75.3 Å². The molecule has 3 aromatic rings. The first-order valence-corrected chi connectivity index (χ1v) is 10.4. The van der Waals surface area contributed by atoms with Gasteiger partial charge in [-0.25, -0.2) is 9.78 Å². The summed E-state index contributed by atoms with van der Waals surface area (Å²) in [5.74, 6) is 0.216. The van der Waals surface area contributed by atoms with Crippen molar-refractivity contribution in [2.75, 3.05) is 18.1 Å². The second-order valence-electron chi connectivity index (χ2n) is 7.01. The Hall–Kier alpha value is -2.67. The minimum absolute atomic E-state index is 0.0769. The number of aromatic amines is 1. The Labute approximate surface area is 167 Å². The summed E-state index contributed by atoms with van der Waals surface area (Å²) in [7, 11) is 0. The zero-order valence-corrected chi connectivity index (χ0v) is 17.1. The molecular weight excluding hydrogens is 374 g/mol. The normalized spacial score (nSPS) is 14.8. The third-order valence-electron chi connectivity index (χ3n) is 5.29.